The topological polar surface area (TPSA) is 81.2 Å². The van der Waals surface area contributed by atoms with Crippen LogP contribution in [0.3, 0.4) is 0 Å². The first kappa shape index (κ1) is 19.0. The van der Waals surface area contributed by atoms with E-state index in [0.29, 0.717) is 32.7 Å². The summed E-state index contributed by atoms with van der Waals surface area (Å²) in [6.45, 7) is 5.95. The molecule has 9 heteroatoms. The summed E-state index contributed by atoms with van der Waals surface area (Å²) in [5.41, 5.74) is -0.530. The minimum absolute atomic E-state index is 0.0240. The molecule has 0 aliphatic carbocycles. The molecule has 138 valence electrons. The van der Waals surface area contributed by atoms with E-state index < -0.39 is 15.4 Å². The van der Waals surface area contributed by atoms with Gasteiger partial charge in [-0.25, -0.2) is 13.2 Å². The summed E-state index contributed by atoms with van der Waals surface area (Å²) < 4.78 is 26.3. The van der Waals surface area contributed by atoms with Crippen molar-refractivity contribution in [3.63, 3.8) is 0 Å². The highest BCUT2D eigenvalue weighted by molar-refractivity contribution is 7.89. The second-order valence-electron chi connectivity index (χ2n) is 6.92. The van der Waals surface area contributed by atoms with Crippen molar-refractivity contribution >= 4 is 22.0 Å². The molecule has 2 aliphatic heterocycles. The zero-order valence-corrected chi connectivity index (χ0v) is 15.8. The van der Waals surface area contributed by atoms with E-state index in [1.807, 2.05) is 6.92 Å². The molecule has 1 unspecified atom stereocenters. The number of likely N-dealkylation sites (tertiary alicyclic amines) is 1. The van der Waals surface area contributed by atoms with Crippen LogP contribution in [0.2, 0.25) is 0 Å². The van der Waals surface area contributed by atoms with Crippen molar-refractivity contribution in [3.8, 4) is 0 Å². The number of rotatable bonds is 3. The zero-order valence-electron chi connectivity index (χ0n) is 15.0. The fraction of sp³-hybridized carbons (Fsp3) is 0.867. The predicted molar refractivity (Wildman–Crippen MR) is 91.0 cm³/mol. The molecule has 2 heterocycles. The molecule has 0 aromatic rings. The molecular formula is C15H28N4O4S. The third kappa shape index (κ3) is 3.66. The van der Waals surface area contributed by atoms with E-state index >= 15 is 0 Å². The number of carbonyl (C=O) groups is 2. The molecule has 0 saturated carbocycles. The summed E-state index contributed by atoms with van der Waals surface area (Å²) >= 11 is 0. The molecule has 0 bridgehead atoms. The molecule has 24 heavy (non-hydrogen) atoms. The predicted octanol–water partition coefficient (Wildman–Crippen LogP) is -0.126. The third-order valence-electron chi connectivity index (χ3n) is 4.86. The van der Waals surface area contributed by atoms with Crippen LogP contribution in [0.5, 0.6) is 0 Å². The highest BCUT2D eigenvalue weighted by Crippen LogP contribution is 2.36. The first-order valence-corrected chi connectivity index (χ1v) is 9.97. The molecular weight excluding hydrogens is 332 g/mol. The molecule has 1 spiro atoms. The van der Waals surface area contributed by atoms with Gasteiger partial charge in [-0.2, -0.15) is 4.31 Å². The molecule has 2 rings (SSSR count). The number of urea groups is 1. The number of sulfonamides is 1. The molecule has 0 aromatic carbocycles. The Morgan fingerprint density at radius 3 is 2.33 bits per heavy atom. The van der Waals surface area contributed by atoms with Crippen LogP contribution in [0.4, 0.5) is 4.79 Å². The standard InChI is InChI=1S/C15H28N4O4S/c1-5-17-10-15(9-13(17)20)11-18(14(21)16(3)4)7-8-19(12-15)24(22,23)6-2/h5-12H2,1-4H3. The van der Waals surface area contributed by atoms with Gasteiger partial charge >= 0.3 is 6.03 Å². The van der Waals surface area contributed by atoms with Crippen LogP contribution in [0.1, 0.15) is 20.3 Å². The minimum atomic E-state index is -3.37. The maximum absolute atomic E-state index is 12.4. The minimum Gasteiger partial charge on any atom is -0.342 e. The van der Waals surface area contributed by atoms with Crippen LogP contribution in [0.15, 0.2) is 0 Å². The van der Waals surface area contributed by atoms with Gasteiger partial charge in [0.25, 0.3) is 0 Å². The van der Waals surface area contributed by atoms with E-state index in [9.17, 15) is 18.0 Å². The van der Waals surface area contributed by atoms with Gasteiger partial charge in [0.05, 0.1) is 5.75 Å². The number of carbonyl (C=O) groups excluding carboxylic acids is 2. The van der Waals surface area contributed by atoms with Gasteiger partial charge in [0, 0.05) is 65.2 Å². The SMILES string of the molecule is CCN1CC2(CC1=O)CN(C(=O)N(C)C)CCN(S(=O)(=O)CC)C2. The normalized spacial score (nSPS) is 26.1. The molecule has 0 N–H and O–H groups in total. The Bertz CT molecular complexity index is 607. The third-order valence-corrected chi connectivity index (χ3v) is 6.68. The highest BCUT2D eigenvalue weighted by atomic mass is 32.2. The van der Waals surface area contributed by atoms with Crippen molar-refractivity contribution < 1.29 is 18.0 Å². The largest absolute Gasteiger partial charge is 0.342 e. The number of amides is 3. The molecule has 0 aromatic heterocycles. The highest BCUT2D eigenvalue weighted by Gasteiger charge is 2.48. The van der Waals surface area contributed by atoms with Gasteiger partial charge in [-0.15, -0.1) is 0 Å². The van der Waals surface area contributed by atoms with Crippen LogP contribution >= 0.6 is 0 Å². The molecule has 2 fully saturated rings. The Hall–Kier alpha value is -1.35. The van der Waals surface area contributed by atoms with Crippen LogP contribution in [-0.2, 0) is 14.8 Å². The van der Waals surface area contributed by atoms with E-state index in [1.165, 1.54) is 9.21 Å². The maximum Gasteiger partial charge on any atom is 0.319 e. The second-order valence-corrected chi connectivity index (χ2v) is 9.17. The van der Waals surface area contributed by atoms with Crippen molar-refractivity contribution in [2.75, 3.05) is 59.1 Å². The Labute approximate surface area is 144 Å². The van der Waals surface area contributed by atoms with Gasteiger partial charge < -0.3 is 14.7 Å². The lowest BCUT2D eigenvalue weighted by molar-refractivity contribution is -0.127. The first-order chi connectivity index (χ1) is 11.1. The Morgan fingerprint density at radius 2 is 1.83 bits per heavy atom. The summed E-state index contributed by atoms with van der Waals surface area (Å²) in [7, 11) is -0.00881. The van der Waals surface area contributed by atoms with Crippen molar-refractivity contribution in [2.24, 2.45) is 5.41 Å². The molecule has 1 atom stereocenters. The van der Waals surface area contributed by atoms with E-state index in [0.717, 1.165) is 0 Å². The van der Waals surface area contributed by atoms with E-state index in [4.69, 9.17) is 0 Å². The summed E-state index contributed by atoms with van der Waals surface area (Å²) in [5.74, 6) is 0.0568. The van der Waals surface area contributed by atoms with Gasteiger partial charge in [0.1, 0.15) is 0 Å². The summed E-state index contributed by atoms with van der Waals surface area (Å²) in [6, 6.07) is -0.146. The molecule has 8 nitrogen and oxygen atoms in total. The number of hydrogen-bond acceptors (Lipinski definition) is 4. The van der Waals surface area contributed by atoms with E-state index in [-0.39, 0.29) is 30.7 Å². The molecule has 3 amide bonds. The number of nitrogens with zero attached hydrogens (tertiary/aromatic N) is 4. The average Bonchev–Trinajstić information content (AvgIpc) is 2.71. The molecule has 0 radical (unpaired) electrons. The van der Waals surface area contributed by atoms with Crippen LogP contribution < -0.4 is 0 Å². The first-order valence-electron chi connectivity index (χ1n) is 8.36. The van der Waals surface area contributed by atoms with E-state index in [2.05, 4.69) is 0 Å². The van der Waals surface area contributed by atoms with Gasteiger partial charge in [0.2, 0.25) is 15.9 Å². The summed E-state index contributed by atoms with van der Waals surface area (Å²) in [5, 5.41) is 0. The Morgan fingerprint density at radius 1 is 1.17 bits per heavy atom. The lowest BCUT2D eigenvalue weighted by Crippen LogP contribution is -2.47. The van der Waals surface area contributed by atoms with Crippen molar-refractivity contribution in [1.82, 2.24) is 19.0 Å². The van der Waals surface area contributed by atoms with Crippen molar-refractivity contribution in [3.05, 3.63) is 0 Å². The molecule has 2 aliphatic rings. The van der Waals surface area contributed by atoms with Crippen LogP contribution in [0, 0.1) is 5.41 Å². The van der Waals surface area contributed by atoms with Gasteiger partial charge in [-0.3, -0.25) is 4.79 Å². The quantitative estimate of drug-likeness (QED) is 0.702. The maximum atomic E-state index is 12.4. The Balaban J connectivity index is 2.35. The van der Waals surface area contributed by atoms with Gasteiger partial charge in [-0.05, 0) is 13.8 Å². The monoisotopic (exact) mass is 360 g/mol. The van der Waals surface area contributed by atoms with Crippen LogP contribution in [-0.4, -0.2) is 98.5 Å². The average molecular weight is 360 g/mol. The smallest absolute Gasteiger partial charge is 0.319 e. The van der Waals surface area contributed by atoms with Crippen molar-refractivity contribution in [2.45, 2.75) is 20.3 Å². The van der Waals surface area contributed by atoms with Crippen molar-refractivity contribution in [1.29, 1.82) is 0 Å². The summed E-state index contributed by atoms with van der Waals surface area (Å²) in [6.07, 6.45) is 0.285. The van der Waals surface area contributed by atoms with Gasteiger partial charge in [0.15, 0.2) is 0 Å². The van der Waals surface area contributed by atoms with E-state index in [1.54, 1.807) is 30.8 Å². The zero-order chi connectivity index (χ0) is 18.1. The molecule has 2 saturated heterocycles. The van der Waals surface area contributed by atoms with Crippen LogP contribution in [0.25, 0.3) is 0 Å². The Kier molecular flexibility index (Phi) is 5.44. The fourth-order valence-electron chi connectivity index (χ4n) is 3.57. The summed E-state index contributed by atoms with van der Waals surface area (Å²) in [4.78, 5) is 29.6. The lowest BCUT2D eigenvalue weighted by Gasteiger charge is -2.34. The lowest BCUT2D eigenvalue weighted by atomic mass is 9.86. The number of hydrogen-bond donors (Lipinski definition) is 0. The second kappa shape index (κ2) is 6.87. The van der Waals surface area contributed by atoms with Gasteiger partial charge in [-0.1, -0.05) is 0 Å². The fourth-order valence-corrected chi connectivity index (χ4v) is 4.76.